The highest BCUT2D eigenvalue weighted by atomic mass is 19.2. The minimum atomic E-state index is -0.820. The zero-order valence-electron chi connectivity index (χ0n) is 10.8. The van der Waals surface area contributed by atoms with E-state index in [1.807, 2.05) is 11.5 Å². The van der Waals surface area contributed by atoms with Gasteiger partial charge in [-0.15, -0.1) is 0 Å². The van der Waals surface area contributed by atoms with Crippen molar-refractivity contribution in [2.75, 3.05) is 0 Å². The molecule has 1 aromatic heterocycles. The van der Waals surface area contributed by atoms with Crippen LogP contribution in [0.3, 0.4) is 0 Å². The van der Waals surface area contributed by atoms with Gasteiger partial charge in [-0.05, 0) is 49.9 Å². The molecule has 100 valence electrons. The van der Waals surface area contributed by atoms with E-state index in [1.54, 1.807) is 6.07 Å². The van der Waals surface area contributed by atoms with Gasteiger partial charge in [-0.25, -0.2) is 8.78 Å². The first-order valence-corrected chi connectivity index (χ1v) is 6.50. The summed E-state index contributed by atoms with van der Waals surface area (Å²) in [5.74, 6) is -1.64. The molecule has 2 N–H and O–H groups in total. The molecule has 0 fully saturated rings. The van der Waals surface area contributed by atoms with E-state index in [9.17, 15) is 8.78 Å². The second kappa shape index (κ2) is 4.46. The van der Waals surface area contributed by atoms with Gasteiger partial charge in [0.25, 0.3) is 0 Å². The van der Waals surface area contributed by atoms with Crippen LogP contribution in [0.1, 0.15) is 35.8 Å². The minimum Gasteiger partial charge on any atom is -0.324 e. The molecular weight excluding hydrogens is 246 g/mol. The first kappa shape index (κ1) is 12.4. The zero-order valence-corrected chi connectivity index (χ0v) is 10.8. The smallest absolute Gasteiger partial charge is 0.160 e. The van der Waals surface area contributed by atoms with Gasteiger partial charge < -0.3 is 10.3 Å². The Morgan fingerprint density at radius 3 is 2.74 bits per heavy atom. The topological polar surface area (TPSA) is 30.9 Å². The molecule has 1 heterocycles. The van der Waals surface area contributed by atoms with Gasteiger partial charge >= 0.3 is 0 Å². The van der Waals surface area contributed by atoms with E-state index in [2.05, 4.69) is 6.07 Å². The third-order valence-corrected chi connectivity index (χ3v) is 3.81. The fourth-order valence-electron chi connectivity index (χ4n) is 2.92. The van der Waals surface area contributed by atoms with Gasteiger partial charge in [0.15, 0.2) is 11.6 Å². The van der Waals surface area contributed by atoms with E-state index in [-0.39, 0.29) is 6.04 Å². The lowest BCUT2D eigenvalue weighted by Gasteiger charge is -2.21. The Morgan fingerprint density at radius 2 is 2.00 bits per heavy atom. The van der Waals surface area contributed by atoms with Crippen molar-refractivity contribution in [3.8, 4) is 5.69 Å². The Hall–Kier alpha value is -1.68. The summed E-state index contributed by atoms with van der Waals surface area (Å²) in [7, 11) is 0. The molecule has 0 radical (unpaired) electrons. The maximum absolute atomic E-state index is 13.4. The van der Waals surface area contributed by atoms with E-state index in [4.69, 9.17) is 5.73 Å². The van der Waals surface area contributed by atoms with Crippen molar-refractivity contribution in [1.29, 1.82) is 0 Å². The SMILES string of the molecule is Cc1cc2c(n1-c1ccc(F)c(F)c1)CCCC2N. The van der Waals surface area contributed by atoms with Crippen molar-refractivity contribution in [2.45, 2.75) is 32.2 Å². The van der Waals surface area contributed by atoms with Crippen molar-refractivity contribution in [3.05, 3.63) is 52.9 Å². The molecule has 1 aliphatic rings. The molecule has 2 nitrogen and oxygen atoms in total. The third-order valence-electron chi connectivity index (χ3n) is 3.81. The number of benzene rings is 1. The largest absolute Gasteiger partial charge is 0.324 e. The van der Waals surface area contributed by atoms with Crippen molar-refractivity contribution < 1.29 is 8.78 Å². The fraction of sp³-hybridized carbons (Fsp3) is 0.333. The molecule has 1 aliphatic carbocycles. The maximum atomic E-state index is 13.4. The lowest BCUT2D eigenvalue weighted by Crippen LogP contribution is -2.18. The summed E-state index contributed by atoms with van der Waals surface area (Å²) in [6.07, 6.45) is 2.94. The summed E-state index contributed by atoms with van der Waals surface area (Å²) in [6.45, 7) is 1.96. The van der Waals surface area contributed by atoms with Crippen LogP contribution in [0.15, 0.2) is 24.3 Å². The highest BCUT2D eigenvalue weighted by molar-refractivity contribution is 5.43. The molecule has 3 rings (SSSR count). The van der Waals surface area contributed by atoms with E-state index in [1.165, 1.54) is 12.1 Å². The Balaban J connectivity index is 2.17. The van der Waals surface area contributed by atoms with Crippen LogP contribution in [-0.2, 0) is 6.42 Å². The molecule has 1 unspecified atom stereocenters. The van der Waals surface area contributed by atoms with E-state index in [0.717, 1.165) is 36.2 Å². The zero-order chi connectivity index (χ0) is 13.6. The quantitative estimate of drug-likeness (QED) is 0.839. The number of rotatable bonds is 1. The normalized spacial score (nSPS) is 18.4. The number of halogens is 2. The van der Waals surface area contributed by atoms with Gasteiger partial charge in [-0.1, -0.05) is 0 Å². The van der Waals surface area contributed by atoms with Crippen LogP contribution in [-0.4, -0.2) is 4.57 Å². The summed E-state index contributed by atoms with van der Waals surface area (Å²) in [4.78, 5) is 0. The van der Waals surface area contributed by atoms with Gasteiger partial charge in [0.2, 0.25) is 0 Å². The average Bonchev–Trinajstić information content (AvgIpc) is 2.71. The predicted molar refractivity (Wildman–Crippen MR) is 70.3 cm³/mol. The van der Waals surface area contributed by atoms with Crippen LogP contribution in [0.5, 0.6) is 0 Å². The molecule has 0 bridgehead atoms. The Bertz CT molecular complexity index is 631. The molecule has 1 aromatic carbocycles. The fourth-order valence-corrected chi connectivity index (χ4v) is 2.92. The van der Waals surface area contributed by atoms with E-state index in [0.29, 0.717) is 5.69 Å². The number of aryl methyl sites for hydroxylation is 1. The molecule has 0 spiro atoms. The van der Waals surface area contributed by atoms with Crippen LogP contribution < -0.4 is 5.73 Å². The lowest BCUT2D eigenvalue weighted by atomic mass is 9.93. The van der Waals surface area contributed by atoms with Gasteiger partial charge in [-0.3, -0.25) is 0 Å². The van der Waals surface area contributed by atoms with Crippen LogP contribution in [0.4, 0.5) is 8.78 Å². The number of hydrogen-bond donors (Lipinski definition) is 1. The molecule has 0 aliphatic heterocycles. The van der Waals surface area contributed by atoms with Gasteiger partial charge in [0.1, 0.15) is 0 Å². The van der Waals surface area contributed by atoms with Gasteiger partial charge in [0.05, 0.1) is 0 Å². The summed E-state index contributed by atoms with van der Waals surface area (Å²) >= 11 is 0. The Labute approximate surface area is 110 Å². The Kier molecular flexibility index (Phi) is 2.90. The monoisotopic (exact) mass is 262 g/mol. The van der Waals surface area contributed by atoms with Crippen LogP contribution in [0.25, 0.3) is 5.69 Å². The molecule has 1 atom stereocenters. The maximum Gasteiger partial charge on any atom is 0.160 e. The van der Waals surface area contributed by atoms with Crippen LogP contribution >= 0.6 is 0 Å². The average molecular weight is 262 g/mol. The van der Waals surface area contributed by atoms with Crippen LogP contribution in [0, 0.1) is 18.6 Å². The number of nitrogens with zero attached hydrogens (tertiary/aromatic N) is 1. The molecule has 0 saturated heterocycles. The highest BCUT2D eigenvalue weighted by Crippen LogP contribution is 2.32. The summed E-state index contributed by atoms with van der Waals surface area (Å²) in [5, 5.41) is 0. The number of nitrogens with two attached hydrogens (primary N) is 1. The molecule has 0 amide bonds. The molecule has 4 heteroatoms. The van der Waals surface area contributed by atoms with E-state index < -0.39 is 11.6 Å². The van der Waals surface area contributed by atoms with Gasteiger partial charge in [0, 0.05) is 29.2 Å². The number of hydrogen-bond acceptors (Lipinski definition) is 1. The second-order valence-electron chi connectivity index (χ2n) is 5.12. The lowest BCUT2D eigenvalue weighted by molar-refractivity contribution is 0.507. The van der Waals surface area contributed by atoms with Crippen LogP contribution in [0.2, 0.25) is 0 Å². The third kappa shape index (κ3) is 1.96. The molecule has 2 aromatic rings. The second-order valence-corrected chi connectivity index (χ2v) is 5.12. The first-order valence-electron chi connectivity index (χ1n) is 6.50. The van der Waals surface area contributed by atoms with E-state index >= 15 is 0 Å². The summed E-state index contributed by atoms with van der Waals surface area (Å²) < 4.78 is 28.4. The Morgan fingerprint density at radius 1 is 1.21 bits per heavy atom. The molecule has 0 saturated carbocycles. The minimum absolute atomic E-state index is 0.0500. The summed E-state index contributed by atoms with van der Waals surface area (Å²) in [5.41, 5.74) is 10.0. The van der Waals surface area contributed by atoms with Crippen molar-refractivity contribution in [3.63, 3.8) is 0 Å². The highest BCUT2D eigenvalue weighted by Gasteiger charge is 2.23. The summed E-state index contributed by atoms with van der Waals surface area (Å²) in [6, 6.07) is 6.11. The molecular formula is C15H16F2N2. The number of fused-ring (bicyclic) bond motifs is 1. The predicted octanol–water partition coefficient (Wildman–Crippen LogP) is 3.40. The van der Waals surface area contributed by atoms with Crippen molar-refractivity contribution >= 4 is 0 Å². The van der Waals surface area contributed by atoms with Crippen molar-refractivity contribution in [2.24, 2.45) is 5.73 Å². The number of aromatic nitrogens is 1. The first-order chi connectivity index (χ1) is 9.08. The standard InChI is InChI=1S/C15H16F2N2/c1-9-7-11-14(18)3-2-4-15(11)19(9)10-5-6-12(16)13(17)8-10/h5-8,14H,2-4,18H2,1H3. The van der Waals surface area contributed by atoms with Gasteiger partial charge in [-0.2, -0.15) is 0 Å². The van der Waals surface area contributed by atoms with Crippen molar-refractivity contribution in [1.82, 2.24) is 4.57 Å². The molecule has 19 heavy (non-hydrogen) atoms.